The van der Waals surface area contributed by atoms with Crippen LogP contribution in [0.1, 0.15) is 121 Å². The Bertz CT molecular complexity index is 1420. The molecule has 0 saturated heterocycles. The van der Waals surface area contributed by atoms with Crippen LogP contribution in [0.25, 0.3) is 11.1 Å². The van der Waals surface area contributed by atoms with Crippen molar-refractivity contribution in [3.8, 4) is 28.4 Å². The predicted octanol–water partition coefficient (Wildman–Crippen LogP) is 10.4. The summed E-state index contributed by atoms with van der Waals surface area (Å²) in [5.74, 6) is 0.957. The number of unbranched alkanes of at least 4 members (excludes halogenated alkanes) is 11. The Balaban J connectivity index is 0.00000290. The number of carbonyl (C=O) groups excluding carboxylic acids is 1. The summed E-state index contributed by atoms with van der Waals surface area (Å²) in [7, 11) is 8.98. The van der Waals surface area contributed by atoms with Crippen molar-refractivity contribution in [3.63, 3.8) is 0 Å². The summed E-state index contributed by atoms with van der Waals surface area (Å²) in [4.78, 5) is 26.5. The average Bonchev–Trinajstić information content (AvgIpc) is 3.11. The van der Waals surface area contributed by atoms with Crippen LogP contribution < -0.4 is 19.1 Å². The van der Waals surface area contributed by atoms with Gasteiger partial charge in [-0.2, -0.15) is 0 Å². The average molecular weight is 733 g/mol. The van der Waals surface area contributed by atoms with Crippen molar-refractivity contribution in [1.29, 1.82) is 0 Å². The number of carbonyl (C=O) groups is 1. The van der Waals surface area contributed by atoms with Crippen molar-refractivity contribution in [2.75, 3.05) is 25.6 Å². The third-order valence-electron chi connectivity index (χ3n) is 8.53. The van der Waals surface area contributed by atoms with Crippen LogP contribution >= 0.6 is 0 Å². The van der Waals surface area contributed by atoms with Gasteiger partial charge in [-0.25, -0.2) is 4.79 Å². The van der Waals surface area contributed by atoms with Gasteiger partial charge in [-0.1, -0.05) is 96.6 Å². The molecule has 51 heavy (non-hydrogen) atoms. The Hall–Kier alpha value is -3.68. The first-order chi connectivity index (χ1) is 24.6. The van der Waals surface area contributed by atoms with E-state index in [0.29, 0.717) is 23.5 Å². The monoisotopic (exact) mass is 732 g/mol. The van der Waals surface area contributed by atoms with Crippen LogP contribution in [-0.4, -0.2) is 58.7 Å². The van der Waals surface area contributed by atoms with E-state index in [1.54, 1.807) is 48.5 Å². The van der Waals surface area contributed by atoms with Gasteiger partial charge in [0.1, 0.15) is 11.5 Å². The number of hydrogen-bond acceptors (Lipinski definition) is 8. The number of ether oxygens (including phenoxy) is 3. The summed E-state index contributed by atoms with van der Waals surface area (Å²) in [5, 5.41) is 12.1. The van der Waals surface area contributed by atoms with E-state index in [0.717, 1.165) is 49.1 Å². The Morgan fingerprint density at radius 1 is 0.784 bits per heavy atom. The molecule has 0 heterocycles. The second kappa shape index (κ2) is 25.3. The minimum atomic E-state index is -0.486. The van der Waals surface area contributed by atoms with Gasteiger partial charge >= 0.3 is 11.7 Å². The molecule has 3 aromatic carbocycles. The highest BCUT2D eigenvalue weighted by molar-refractivity contribution is 6.15. The molecular formula is C40H56N2O7Si2. The zero-order chi connectivity index (χ0) is 37.4. The number of rotatable bonds is 23. The molecule has 0 bridgehead atoms. The maximum absolute atomic E-state index is 12.9. The van der Waals surface area contributed by atoms with Gasteiger partial charge in [-0.05, 0) is 68.1 Å². The van der Waals surface area contributed by atoms with E-state index >= 15 is 0 Å². The quantitative estimate of drug-likeness (QED) is 0.0237. The third kappa shape index (κ3) is 16.5. The molecule has 0 N–H and O–H groups in total. The first-order valence-corrected chi connectivity index (χ1v) is 19.2. The fourth-order valence-electron chi connectivity index (χ4n) is 5.69. The van der Waals surface area contributed by atoms with Gasteiger partial charge in [-0.15, -0.1) is 0 Å². The number of benzene rings is 3. The first kappa shape index (κ1) is 43.5. The number of nitro benzene ring substituents is 1. The second-order valence-electron chi connectivity index (χ2n) is 13.0. The van der Waals surface area contributed by atoms with Crippen LogP contribution in [0.3, 0.4) is 0 Å². The van der Waals surface area contributed by atoms with Crippen LogP contribution in [0.4, 0.5) is 11.4 Å². The fourth-order valence-corrected chi connectivity index (χ4v) is 5.69. The Kier molecular flexibility index (Phi) is 21.6. The molecule has 0 aliphatic carbocycles. The lowest BCUT2D eigenvalue weighted by Crippen LogP contribution is -2.15. The molecular weight excluding hydrogens is 677 g/mol. The Labute approximate surface area is 312 Å². The second-order valence-corrected chi connectivity index (χ2v) is 13.8. The lowest BCUT2D eigenvalue weighted by molar-refractivity contribution is -0.386. The molecule has 0 aromatic heterocycles. The predicted molar refractivity (Wildman–Crippen MR) is 208 cm³/mol. The summed E-state index contributed by atoms with van der Waals surface area (Å²) in [5.41, 5.74) is 2.49. The van der Waals surface area contributed by atoms with Crippen molar-refractivity contribution < 1.29 is 28.0 Å². The largest absolute Gasteiger partial charge is 0.494 e. The molecule has 0 aliphatic rings. The van der Waals surface area contributed by atoms with E-state index in [-0.39, 0.29) is 17.5 Å². The molecule has 3 rings (SSSR count). The highest BCUT2D eigenvalue weighted by Gasteiger charge is 2.23. The number of anilines is 1. The number of hydrogen-bond donors (Lipinski definition) is 0. The molecule has 0 saturated carbocycles. The standard InChI is InChI=1S/C40H56N2O6.OSi2/c1-6-8-10-12-13-14-15-16-18-28-46-34-24-26-35(27-25-34)48-40(43)33-22-20-32(21-23-33)36-29-38(42(44)45)39(30-37(36)41(4)5)47-31(3)19-17-11-9-7-2;2-1-3/h20-27,29-31H,6-19,28H2,1-5H3;/t31-;/m1./s1. The number of nitro groups is 1. The third-order valence-corrected chi connectivity index (χ3v) is 8.53. The van der Waals surface area contributed by atoms with Gasteiger partial charge in [0.05, 0.1) is 23.2 Å². The first-order valence-electron chi connectivity index (χ1n) is 18.4. The van der Waals surface area contributed by atoms with Crippen molar-refractivity contribution in [1.82, 2.24) is 0 Å². The lowest BCUT2D eigenvalue weighted by atomic mass is 10.00. The van der Waals surface area contributed by atoms with Crippen molar-refractivity contribution in [2.24, 2.45) is 0 Å². The molecule has 1 atom stereocenters. The molecule has 0 amide bonds. The smallest absolute Gasteiger partial charge is 0.343 e. The van der Waals surface area contributed by atoms with Gasteiger partial charge in [0.15, 0.2) is 5.75 Å². The molecule has 9 nitrogen and oxygen atoms in total. The van der Waals surface area contributed by atoms with Crippen molar-refractivity contribution >= 4 is 38.3 Å². The van der Waals surface area contributed by atoms with E-state index in [4.69, 9.17) is 14.2 Å². The Morgan fingerprint density at radius 3 is 1.86 bits per heavy atom. The van der Waals surface area contributed by atoms with Crippen LogP contribution in [0.2, 0.25) is 0 Å². The molecule has 3 aromatic rings. The zero-order valence-corrected chi connectivity index (χ0v) is 33.2. The maximum atomic E-state index is 12.9. The van der Waals surface area contributed by atoms with E-state index in [1.165, 1.54) is 57.8 Å². The summed E-state index contributed by atoms with van der Waals surface area (Å²) < 4.78 is 21.4. The molecule has 0 fully saturated rings. The summed E-state index contributed by atoms with van der Waals surface area (Å²) in [6.45, 7) is 7.05. The van der Waals surface area contributed by atoms with E-state index in [1.807, 2.05) is 38.1 Å². The highest BCUT2D eigenvalue weighted by Crippen LogP contribution is 2.40. The maximum Gasteiger partial charge on any atom is 0.343 e. The number of nitrogens with zero attached hydrogens (tertiary/aromatic N) is 2. The number of esters is 1. The van der Waals surface area contributed by atoms with E-state index < -0.39 is 10.9 Å². The highest BCUT2D eigenvalue weighted by atomic mass is 28.3. The summed E-state index contributed by atoms with van der Waals surface area (Å²) >= 11 is 0. The molecule has 11 heteroatoms. The normalized spacial score (nSPS) is 11.3. The Morgan fingerprint density at radius 2 is 1.31 bits per heavy atom. The van der Waals surface area contributed by atoms with Gasteiger partial charge in [0, 0.05) is 37.5 Å². The van der Waals surface area contributed by atoms with Crippen LogP contribution in [0, 0.1) is 10.1 Å². The van der Waals surface area contributed by atoms with Gasteiger partial charge < -0.3 is 23.2 Å². The molecule has 0 aliphatic heterocycles. The van der Waals surface area contributed by atoms with Crippen molar-refractivity contribution in [2.45, 2.75) is 117 Å². The zero-order valence-electron chi connectivity index (χ0n) is 31.2. The van der Waals surface area contributed by atoms with Gasteiger partial charge in [0.2, 0.25) is 21.0 Å². The minimum absolute atomic E-state index is 0.0833. The van der Waals surface area contributed by atoms with Crippen LogP contribution in [0.15, 0.2) is 60.7 Å². The van der Waals surface area contributed by atoms with Gasteiger partial charge in [0.25, 0.3) is 0 Å². The van der Waals surface area contributed by atoms with Crippen LogP contribution in [0.5, 0.6) is 17.2 Å². The SMILES string of the molecule is CCCCCCCCCCCOc1ccc(OC(=O)c2ccc(-c3cc([N+](=O)[O-])c(O[C@H](C)CCCCCC)cc3N(C)C)cc2)cc1.[Si]O[Si]. The lowest BCUT2D eigenvalue weighted by Gasteiger charge is -2.21. The van der Waals surface area contributed by atoms with Gasteiger partial charge in [-0.3, -0.25) is 10.1 Å². The van der Waals surface area contributed by atoms with Crippen LogP contribution in [-0.2, 0) is 4.12 Å². The molecule has 0 spiro atoms. The minimum Gasteiger partial charge on any atom is -0.494 e. The summed E-state index contributed by atoms with van der Waals surface area (Å²) in [6, 6.07) is 17.3. The molecule has 0 unspecified atom stereocenters. The molecule has 276 valence electrons. The summed E-state index contributed by atoms with van der Waals surface area (Å²) in [6.07, 6.45) is 16.6. The van der Waals surface area contributed by atoms with E-state index in [2.05, 4.69) is 38.9 Å². The van der Waals surface area contributed by atoms with E-state index in [9.17, 15) is 14.9 Å². The topological polar surface area (TPSA) is 100 Å². The fraction of sp³-hybridized carbons (Fsp3) is 0.525. The van der Waals surface area contributed by atoms with Crippen molar-refractivity contribution in [3.05, 3.63) is 76.3 Å². The molecule has 6 radical (unpaired) electrons.